The van der Waals surface area contributed by atoms with Crippen molar-refractivity contribution in [1.29, 1.82) is 0 Å². The molecule has 3 heterocycles. The molecule has 1 aromatic carbocycles. The van der Waals surface area contributed by atoms with E-state index in [2.05, 4.69) is 10.3 Å². The molecule has 0 aliphatic carbocycles. The monoisotopic (exact) mass is 398 g/mol. The Morgan fingerprint density at radius 2 is 2.31 bits per heavy atom. The number of fused-ring (bicyclic) bond motifs is 1. The van der Waals surface area contributed by atoms with Crippen LogP contribution in [-0.4, -0.2) is 47.0 Å². The lowest BCUT2D eigenvalue weighted by molar-refractivity contribution is -0.132. The molecular formula is C22H27FN4O2. The summed E-state index contributed by atoms with van der Waals surface area (Å²) in [4.78, 5) is 23.8. The molecule has 1 N–H and O–H groups in total. The molecule has 1 atom stereocenters. The first-order valence-corrected chi connectivity index (χ1v) is 10.4. The number of piperidine rings is 1. The highest BCUT2D eigenvalue weighted by Crippen LogP contribution is 2.23. The molecule has 2 aromatic rings. The largest absolute Gasteiger partial charge is 0.493 e. The summed E-state index contributed by atoms with van der Waals surface area (Å²) in [6.45, 7) is 3.67. The van der Waals surface area contributed by atoms with Crippen molar-refractivity contribution in [2.75, 3.05) is 26.2 Å². The van der Waals surface area contributed by atoms with Crippen molar-refractivity contribution in [3.05, 3.63) is 53.4 Å². The van der Waals surface area contributed by atoms with Crippen LogP contribution in [0.5, 0.6) is 5.75 Å². The lowest BCUT2D eigenvalue weighted by atomic mass is 9.98. The zero-order chi connectivity index (χ0) is 20.1. The summed E-state index contributed by atoms with van der Waals surface area (Å²) in [6.07, 6.45) is 5.99. The van der Waals surface area contributed by atoms with Crippen LogP contribution in [0.4, 0.5) is 4.39 Å². The average Bonchev–Trinajstić information content (AvgIpc) is 2.76. The lowest BCUT2D eigenvalue weighted by Crippen LogP contribution is -2.37. The predicted molar refractivity (Wildman–Crippen MR) is 107 cm³/mol. The summed E-state index contributed by atoms with van der Waals surface area (Å²) in [5.41, 5.74) is 2.13. The Kier molecular flexibility index (Phi) is 6.34. The number of nitrogens with one attached hydrogen (secondary N) is 1. The number of carbonyl (C=O) groups excluding carboxylic acids is 1. The minimum absolute atomic E-state index is 0.110. The van der Waals surface area contributed by atoms with Gasteiger partial charge in [-0.05, 0) is 37.9 Å². The maximum Gasteiger partial charge on any atom is 0.223 e. The molecule has 1 saturated heterocycles. The van der Waals surface area contributed by atoms with E-state index >= 15 is 0 Å². The van der Waals surface area contributed by atoms with Crippen molar-refractivity contribution in [2.45, 2.75) is 44.6 Å². The van der Waals surface area contributed by atoms with Gasteiger partial charge in [-0.25, -0.2) is 14.4 Å². The number of nitrogens with zero attached hydrogens (tertiary/aromatic N) is 3. The molecule has 1 aromatic heterocycles. The Balaban J connectivity index is 1.26. The van der Waals surface area contributed by atoms with E-state index in [1.165, 1.54) is 12.1 Å². The maximum absolute atomic E-state index is 13.1. The van der Waals surface area contributed by atoms with Crippen molar-refractivity contribution in [2.24, 2.45) is 0 Å². The van der Waals surface area contributed by atoms with E-state index in [-0.39, 0.29) is 11.7 Å². The SMILES string of the molecule is O=C(CCCOc1cccc(F)c1)N1CCc2nc([C@@H]3CCCNC3)ncc2C1. The fourth-order valence-electron chi connectivity index (χ4n) is 3.94. The van der Waals surface area contributed by atoms with Gasteiger partial charge in [0.05, 0.1) is 12.3 Å². The van der Waals surface area contributed by atoms with Gasteiger partial charge in [0.15, 0.2) is 0 Å². The molecule has 0 unspecified atom stereocenters. The fourth-order valence-corrected chi connectivity index (χ4v) is 3.94. The fraction of sp³-hybridized carbons (Fsp3) is 0.500. The van der Waals surface area contributed by atoms with E-state index in [0.29, 0.717) is 44.2 Å². The molecule has 154 valence electrons. The highest BCUT2D eigenvalue weighted by molar-refractivity contribution is 5.76. The number of carbonyl (C=O) groups is 1. The van der Waals surface area contributed by atoms with E-state index in [1.807, 2.05) is 11.1 Å². The zero-order valence-corrected chi connectivity index (χ0v) is 16.6. The van der Waals surface area contributed by atoms with Gasteiger partial charge in [-0.1, -0.05) is 6.07 Å². The Hall–Kier alpha value is -2.54. The molecule has 0 spiro atoms. The van der Waals surface area contributed by atoms with Crippen molar-refractivity contribution < 1.29 is 13.9 Å². The Bertz CT molecular complexity index is 854. The topological polar surface area (TPSA) is 67.3 Å². The van der Waals surface area contributed by atoms with Crippen LogP contribution in [0.1, 0.15) is 48.7 Å². The molecule has 1 fully saturated rings. The van der Waals surface area contributed by atoms with Crippen LogP contribution in [0.15, 0.2) is 30.5 Å². The van der Waals surface area contributed by atoms with Crippen molar-refractivity contribution >= 4 is 5.91 Å². The summed E-state index contributed by atoms with van der Waals surface area (Å²) in [5, 5.41) is 3.41. The molecule has 7 heteroatoms. The van der Waals surface area contributed by atoms with Gasteiger partial charge in [-0.2, -0.15) is 0 Å². The van der Waals surface area contributed by atoms with Crippen LogP contribution in [0.3, 0.4) is 0 Å². The number of benzene rings is 1. The van der Waals surface area contributed by atoms with Gasteiger partial charge in [0, 0.05) is 56.2 Å². The third-order valence-corrected chi connectivity index (χ3v) is 5.57. The summed E-state index contributed by atoms with van der Waals surface area (Å²) in [5.74, 6) is 1.61. The van der Waals surface area contributed by atoms with Crippen LogP contribution in [0, 0.1) is 5.82 Å². The van der Waals surface area contributed by atoms with Gasteiger partial charge in [0.2, 0.25) is 5.91 Å². The first-order chi connectivity index (χ1) is 14.2. The lowest BCUT2D eigenvalue weighted by Gasteiger charge is -2.29. The van der Waals surface area contributed by atoms with Gasteiger partial charge in [-0.3, -0.25) is 4.79 Å². The second kappa shape index (κ2) is 9.31. The molecule has 6 nitrogen and oxygen atoms in total. The van der Waals surface area contributed by atoms with E-state index in [1.54, 1.807) is 12.1 Å². The van der Waals surface area contributed by atoms with Crippen molar-refractivity contribution in [1.82, 2.24) is 20.2 Å². The molecular weight excluding hydrogens is 371 g/mol. The van der Waals surface area contributed by atoms with Gasteiger partial charge in [-0.15, -0.1) is 0 Å². The second-order valence-corrected chi connectivity index (χ2v) is 7.72. The summed E-state index contributed by atoms with van der Waals surface area (Å²) in [6, 6.07) is 6.05. The van der Waals surface area contributed by atoms with Crippen molar-refractivity contribution in [3.63, 3.8) is 0 Å². The third kappa shape index (κ3) is 5.09. The zero-order valence-electron chi connectivity index (χ0n) is 16.6. The quantitative estimate of drug-likeness (QED) is 0.758. The standard InChI is InChI=1S/C22H27FN4O2/c23-18-5-1-6-19(12-18)29-11-3-7-21(28)27-10-8-20-17(15-27)14-25-22(26-20)16-4-2-9-24-13-16/h1,5-6,12,14,16,24H,2-4,7-11,13,15H2/t16-/m1/s1. The molecule has 0 saturated carbocycles. The second-order valence-electron chi connectivity index (χ2n) is 7.72. The molecule has 0 bridgehead atoms. The minimum Gasteiger partial charge on any atom is -0.493 e. The predicted octanol–water partition coefficient (Wildman–Crippen LogP) is 2.83. The number of hydrogen-bond donors (Lipinski definition) is 1. The molecule has 29 heavy (non-hydrogen) atoms. The third-order valence-electron chi connectivity index (χ3n) is 5.57. The Morgan fingerprint density at radius 3 is 3.14 bits per heavy atom. The van der Waals surface area contributed by atoms with Crippen LogP contribution in [0.25, 0.3) is 0 Å². The first kappa shape index (κ1) is 19.8. The minimum atomic E-state index is -0.323. The summed E-state index contributed by atoms with van der Waals surface area (Å²) in [7, 11) is 0. The van der Waals surface area contributed by atoms with Gasteiger partial charge < -0.3 is 15.0 Å². The molecule has 2 aliphatic heterocycles. The number of hydrogen-bond acceptors (Lipinski definition) is 5. The summed E-state index contributed by atoms with van der Waals surface area (Å²) < 4.78 is 18.7. The highest BCUT2D eigenvalue weighted by Gasteiger charge is 2.24. The maximum atomic E-state index is 13.1. The van der Waals surface area contributed by atoms with E-state index in [0.717, 1.165) is 49.4 Å². The van der Waals surface area contributed by atoms with Crippen LogP contribution >= 0.6 is 0 Å². The Morgan fingerprint density at radius 1 is 1.38 bits per heavy atom. The van der Waals surface area contributed by atoms with E-state index < -0.39 is 0 Å². The van der Waals surface area contributed by atoms with Crippen LogP contribution in [0.2, 0.25) is 0 Å². The number of halogens is 1. The smallest absolute Gasteiger partial charge is 0.223 e. The van der Waals surface area contributed by atoms with Crippen molar-refractivity contribution in [3.8, 4) is 5.75 Å². The van der Waals surface area contributed by atoms with Crippen LogP contribution in [-0.2, 0) is 17.8 Å². The number of rotatable bonds is 6. The number of ether oxygens (including phenoxy) is 1. The molecule has 4 rings (SSSR count). The van der Waals surface area contributed by atoms with E-state index in [9.17, 15) is 9.18 Å². The average molecular weight is 398 g/mol. The van der Waals surface area contributed by atoms with Gasteiger partial charge in [0.1, 0.15) is 17.4 Å². The van der Waals surface area contributed by atoms with Crippen LogP contribution < -0.4 is 10.1 Å². The Labute approximate surface area is 170 Å². The molecule has 0 radical (unpaired) electrons. The summed E-state index contributed by atoms with van der Waals surface area (Å²) >= 11 is 0. The number of amides is 1. The highest BCUT2D eigenvalue weighted by atomic mass is 19.1. The van der Waals surface area contributed by atoms with E-state index in [4.69, 9.17) is 9.72 Å². The van der Waals surface area contributed by atoms with Gasteiger partial charge >= 0.3 is 0 Å². The van der Waals surface area contributed by atoms with Gasteiger partial charge in [0.25, 0.3) is 0 Å². The molecule has 2 aliphatic rings. The normalized spacial score (nSPS) is 18.9. The number of aromatic nitrogens is 2. The molecule has 1 amide bonds. The first-order valence-electron chi connectivity index (χ1n) is 10.4.